The Morgan fingerprint density at radius 3 is 2.58 bits per heavy atom. The van der Waals surface area contributed by atoms with E-state index in [1.807, 2.05) is 35.9 Å². The molecule has 0 aliphatic rings. The van der Waals surface area contributed by atoms with E-state index in [1.165, 1.54) is 12.1 Å². The van der Waals surface area contributed by atoms with Crippen molar-refractivity contribution in [2.45, 2.75) is 11.4 Å². The monoisotopic (exact) mass is 375 g/mol. The minimum Gasteiger partial charge on any atom is -0.366 e. The second-order valence-electron chi connectivity index (χ2n) is 5.89. The molecule has 2 aromatic carbocycles. The highest BCUT2D eigenvalue weighted by Gasteiger charge is 2.22. The van der Waals surface area contributed by atoms with Crippen LogP contribution in [0.4, 0.5) is 11.4 Å². The van der Waals surface area contributed by atoms with Gasteiger partial charge in [-0.05, 0) is 18.2 Å². The molecular formula is C16H17N5O4S. The number of nitro groups is 1. The van der Waals surface area contributed by atoms with Crippen molar-refractivity contribution in [2.24, 2.45) is 12.2 Å². The second kappa shape index (κ2) is 6.39. The van der Waals surface area contributed by atoms with E-state index < -0.39 is 14.9 Å². The number of primary sulfonamides is 1. The average molecular weight is 375 g/mol. The maximum Gasteiger partial charge on any atom is 0.270 e. The molecule has 0 radical (unpaired) electrons. The molecule has 0 atom stereocenters. The van der Waals surface area contributed by atoms with Gasteiger partial charge in [0.25, 0.3) is 5.69 Å². The number of imidazole rings is 1. The van der Waals surface area contributed by atoms with E-state index in [4.69, 9.17) is 5.14 Å². The van der Waals surface area contributed by atoms with Crippen LogP contribution < -0.4 is 10.0 Å². The highest BCUT2D eigenvalue weighted by molar-refractivity contribution is 7.89. The number of benzene rings is 2. The quantitative estimate of drug-likeness (QED) is 0.535. The van der Waals surface area contributed by atoms with E-state index in [2.05, 4.69) is 4.98 Å². The molecule has 2 N–H and O–H groups in total. The van der Waals surface area contributed by atoms with Gasteiger partial charge in [-0.1, -0.05) is 12.1 Å². The van der Waals surface area contributed by atoms with Crippen molar-refractivity contribution in [3.63, 3.8) is 0 Å². The van der Waals surface area contributed by atoms with Crippen molar-refractivity contribution >= 4 is 32.4 Å². The van der Waals surface area contributed by atoms with Gasteiger partial charge < -0.3 is 9.47 Å². The van der Waals surface area contributed by atoms with Crippen LogP contribution in [0.15, 0.2) is 47.4 Å². The van der Waals surface area contributed by atoms with Gasteiger partial charge >= 0.3 is 0 Å². The molecule has 3 aromatic rings. The molecule has 0 saturated carbocycles. The van der Waals surface area contributed by atoms with Crippen LogP contribution in [-0.4, -0.2) is 29.9 Å². The van der Waals surface area contributed by atoms with Crippen molar-refractivity contribution in [3.8, 4) is 0 Å². The molecule has 136 valence electrons. The number of nitrogens with two attached hydrogens (primary N) is 1. The Kier molecular flexibility index (Phi) is 4.38. The maximum atomic E-state index is 11.9. The zero-order valence-electron chi connectivity index (χ0n) is 14.2. The molecule has 1 heterocycles. The van der Waals surface area contributed by atoms with E-state index in [0.29, 0.717) is 12.4 Å². The first-order valence-corrected chi connectivity index (χ1v) is 9.16. The Bertz CT molecular complexity index is 1110. The highest BCUT2D eigenvalue weighted by atomic mass is 32.2. The molecule has 26 heavy (non-hydrogen) atoms. The average Bonchev–Trinajstić information content (AvgIpc) is 2.89. The van der Waals surface area contributed by atoms with E-state index in [1.54, 1.807) is 11.9 Å². The number of aryl methyl sites for hydroxylation is 1. The van der Waals surface area contributed by atoms with Gasteiger partial charge in [0, 0.05) is 26.2 Å². The lowest BCUT2D eigenvalue weighted by Gasteiger charge is -2.21. The third-order valence-corrected chi connectivity index (χ3v) is 5.07. The van der Waals surface area contributed by atoms with Crippen molar-refractivity contribution in [2.75, 3.05) is 11.9 Å². The summed E-state index contributed by atoms with van der Waals surface area (Å²) < 4.78 is 25.7. The second-order valence-corrected chi connectivity index (χ2v) is 7.42. The summed E-state index contributed by atoms with van der Waals surface area (Å²) in [5, 5.41) is 16.2. The van der Waals surface area contributed by atoms with E-state index in [-0.39, 0.29) is 16.3 Å². The summed E-state index contributed by atoms with van der Waals surface area (Å²) in [6.45, 7) is 0.297. The summed E-state index contributed by atoms with van der Waals surface area (Å²) in [5.41, 5.74) is 1.71. The van der Waals surface area contributed by atoms with Gasteiger partial charge in [-0.25, -0.2) is 18.5 Å². The van der Waals surface area contributed by atoms with Crippen LogP contribution in [0.3, 0.4) is 0 Å². The van der Waals surface area contributed by atoms with Crippen LogP contribution in [0.5, 0.6) is 0 Å². The number of anilines is 1. The predicted molar refractivity (Wildman–Crippen MR) is 97.3 cm³/mol. The van der Waals surface area contributed by atoms with Crippen LogP contribution in [0.25, 0.3) is 11.0 Å². The van der Waals surface area contributed by atoms with Crippen molar-refractivity contribution < 1.29 is 13.3 Å². The lowest BCUT2D eigenvalue weighted by Crippen LogP contribution is -2.23. The van der Waals surface area contributed by atoms with Crippen LogP contribution >= 0.6 is 0 Å². The van der Waals surface area contributed by atoms with Crippen molar-refractivity contribution in [1.29, 1.82) is 0 Å². The third-order valence-electron chi connectivity index (χ3n) is 4.13. The minimum atomic E-state index is -4.13. The Morgan fingerprint density at radius 2 is 1.96 bits per heavy atom. The fraction of sp³-hybridized carbons (Fsp3) is 0.188. The van der Waals surface area contributed by atoms with Gasteiger partial charge in [-0.15, -0.1) is 0 Å². The molecular weight excluding hydrogens is 358 g/mol. The molecule has 3 rings (SSSR count). The number of nitrogens with zero attached hydrogens (tertiary/aromatic N) is 4. The molecule has 0 fully saturated rings. The first-order chi connectivity index (χ1) is 12.2. The topological polar surface area (TPSA) is 124 Å². The lowest BCUT2D eigenvalue weighted by atomic mass is 10.2. The van der Waals surface area contributed by atoms with Gasteiger partial charge in [0.1, 0.15) is 10.7 Å². The van der Waals surface area contributed by atoms with Crippen molar-refractivity contribution in [1.82, 2.24) is 9.55 Å². The van der Waals surface area contributed by atoms with Gasteiger partial charge in [0.15, 0.2) is 0 Å². The number of sulfonamides is 1. The Hall–Kier alpha value is -2.98. The number of non-ortho nitro benzene ring substituents is 1. The van der Waals surface area contributed by atoms with Crippen LogP contribution in [-0.2, 0) is 23.6 Å². The summed E-state index contributed by atoms with van der Waals surface area (Å²) in [4.78, 5) is 16.2. The fourth-order valence-corrected chi connectivity index (χ4v) is 3.59. The lowest BCUT2D eigenvalue weighted by molar-refractivity contribution is -0.385. The molecule has 1 aromatic heterocycles. The van der Waals surface area contributed by atoms with Crippen LogP contribution in [0.2, 0.25) is 0 Å². The third kappa shape index (κ3) is 3.24. The molecule has 0 bridgehead atoms. The van der Waals surface area contributed by atoms with E-state index in [0.717, 1.165) is 17.1 Å². The highest BCUT2D eigenvalue weighted by Crippen LogP contribution is 2.29. The first kappa shape index (κ1) is 17.8. The SMILES string of the molecule is CN(Cc1nc2ccccc2n1C)c1ccc([N+](=O)[O-])cc1S(N)(=O)=O. The number of hydrogen-bond donors (Lipinski definition) is 1. The van der Waals surface area contributed by atoms with Crippen LogP contribution in [0, 0.1) is 10.1 Å². The molecule has 9 nitrogen and oxygen atoms in total. The minimum absolute atomic E-state index is 0.269. The van der Waals surface area contributed by atoms with Gasteiger partial charge in [0.05, 0.1) is 28.2 Å². The normalized spacial score (nSPS) is 11.7. The number of para-hydroxylation sites is 2. The molecule has 10 heteroatoms. The summed E-state index contributed by atoms with van der Waals surface area (Å²) in [5.74, 6) is 0.715. The standard InChI is InChI=1S/C16H17N5O4S/c1-19(10-16-18-12-5-3-4-6-13(12)20(16)2)14-8-7-11(21(22)23)9-15(14)26(17,24)25/h3-9H,10H2,1-2H3,(H2,17,24,25). The van der Waals surface area contributed by atoms with Crippen LogP contribution in [0.1, 0.15) is 5.82 Å². The van der Waals surface area contributed by atoms with Crippen molar-refractivity contribution in [3.05, 3.63) is 58.4 Å². The Balaban J connectivity index is 2.02. The predicted octanol–water partition coefficient (Wildman–Crippen LogP) is 1.77. The number of aromatic nitrogens is 2. The number of rotatable bonds is 5. The molecule has 0 aliphatic heterocycles. The molecule has 0 unspecified atom stereocenters. The largest absolute Gasteiger partial charge is 0.366 e. The maximum absolute atomic E-state index is 11.9. The number of fused-ring (bicyclic) bond motifs is 1. The summed E-state index contributed by atoms with van der Waals surface area (Å²) in [7, 11) is -0.589. The summed E-state index contributed by atoms with van der Waals surface area (Å²) in [6, 6.07) is 11.2. The summed E-state index contributed by atoms with van der Waals surface area (Å²) >= 11 is 0. The summed E-state index contributed by atoms with van der Waals surface area (Å²) in [6.07, 6.45) is 0. The van der Waals surface area contributed by atoms with E-state index in [9.17, 15) is 18.5 Å². The van der Waals surface area contributed by atoms with Gasteiger partial charge in [-0.3, -0.25) is 10.1 Å². The fourth-order valence-electron chi connectivity index (χ4n) is 2.79. The zero-order chi connectivity index (χ0) is 19.1. The molecule has 0 aliphatic carbocycles. The first-order valence-electron chi connectivity index (χ1n) is 7.61. The Morgan fingerprint density at radius 1 is 1.27 bits per heavy atom. The van der Waals surface area contributed by atoms with Gasteiger partial charge in [0.2, 0.25) is 10.0 Å². The molecule has 0 amide bonds. The molecule has 0 spiro atoms. The van der Waals surface area contributed by atoms with Gasteiger partial charge in [-0.2, -0.15) is 0 Å². The number of nitro benzene ring substituents is 1. The Labute approximate surface area is 149 Å². The smallest absolute Gasteiger partial charge is 0.270 e. The number of hydrogen-bond acceptors (Lipinski definition) is 6. The zero-order valence-corrected chi connectivity index (χ0v) is 15.0. The van der Waals surface area contributed by atoms with E-state index >= 15 is 0 Å². The molecule has 0 saturated heterocycles.